The molecule has 0 aromatic heterocycles. The summed E-state index contributed by atoms with van der Waals surface area (Å²) in [6, 6.07) is 19.7. The van der Waals surface area contributed by atoms with Crippen molar-refractivity contribution in [2.45, 2.75) is 17.7 Å². The Morgan fingerprint density at radius 2 is 1.65 bits per heavy atom. The number of benzene rings is 3. The smallest absolute Gasteiger partial charge is 0.240 e. The second-order valence-electron chi connectivity index (χ2n) is 7.33. The summed E-state index contributed by atoms with van der Waals surface area (Å²) in [7, 11) is -8.01. The van der Waals surface area contributed by atoms with Gasteiger partial charge in [0.15, 0.2) is 0 Å². The second-order valence-corrected chi connectivity index (χ2v) is 11.1. The van der Waals surface area contributed by atoms with Crippen molar-refractivity contribution in [1.29, 1.82) is 5.26 Å². The van der Waals surface area contributed by atoms with Crippen LogP contribution >= 0.6 is 11.6 Å². The molecule has 3 rings (SSSR count). The summed E-state index contributed by atoms with van der Waals surface area (Å²) in [6.07, 6.45) is 0.577. The van der Waals surface area contributed by atoms with Crippen LogP contribution in [0, 0.1) is 11.3 Å². The molecule has 0 bridgehead atoms. The van der Waals surface area contributed by atoms with Gasteiger partial charge < -0.3 is 4.74 Å². The first-order chi connectivity index (χ1) is 16.1. The molecule has 0 heterocycles. The van der Waals surface area contributed by atoms with Crippen LogP contribution in [-0.4, -0.2) is 29.2 Å². The first-order valence-electron chi connectivity index (χ1n) is 10.1. The molecule has 0 fully saturated rings. The summed E-state index contributed by atoms with van der Waals surface area (Å²) in [5, 5.41) is 14.8. The number of halogens is 1. The molecule has 0 spiro atoms. The predicted molar refractivity (Wildman–Crippen MR) is 131 cm³/mol. The Labute approximate surface area is 204 Å². The van der Waals surface area contributed by atoms with Gasteiger partial charge in [-0.15, -0.1) is 0 Å². The number of nitrogens with two attached hydrogens (primary N) is 1. The summed E-state index contributed by atoms with van der Waals surface area (Å²) in [5.74, 6) is 0.100. The van der Waals surface area contributed by atoms with E-state index >= 15 is 0 Å². The van der Waals surface area contributed by atoms with Crippen LogP contribution < -0.4 is 14.6 Å². The Hall–Kier alpha value is -3.10. The highest BCUT2D eigenvalue weighted by Crippen LogP contribution is 2.26. The molecule has 0 aliphatic rings. The van der Waals surface area contributed by atoms with E-state index in [1.807, 2.05) is 12.1 Å². The fourth-order valence-corrected chi connectivity index (χ4v) is 5.27. The van der Waals surface area contributed by atoms with Crippen LogP contribution in [0.5, 0.6) is 5.75 Å². The van der Waals surface area contributed by atoms with Gasteiger partial charge >= 0.3 is 0 Å². The van der Waals surface area contributed by atoms with E-state index in [4.69, 9.17) is 21.5 Å². The third-order valence-electron chi connectivity index (χ3n) is 4.90. The van der Waals surface area contributed by atoms with Gasteiger partial charge in [0.05, 0.1) is 29.7 Å². The van der Waals surface area contributed by atoms with E-state index in [1.54, 1.807) is 30.3 Å². The number of sulfonamides is 2. The lowest BCUT2D eigenvalue weighted by Gasteiger charge is -2.14. The van der Waals surface area contributed by atoms with Crippen molar-refractivity contribution < 1.29 is 21.6 Å². The molecule has 0 saturated heterocycles. The molecular formula is C23H22ClN3O5S2. The van der Waals surface area contributed by atoms with Gasteiger partial charge in [-0.25, -0.2) is 22.0 Å². The maximum Gasteiger partial charge on any atom is 0.240 e. The number of para-hydroxylation sites is 1. The normalized spacial score (nSPS) is 11.6. The highest BCUT2D eigenvalue weighted by Gasteiger charge is 2.19. The number of anilines is 1. The van der Waals surface area contributed by atoms with Crippen molar-refractivity contribution in [1.82, 2.24) is 0 Å². The van der Waals surface area contributed by atoms with Crippen molar-refractivity contribution in [3.8, 4) is 11.8 Å². The number of ether oxygens (including phenoxy) is 1. The van der Waals surface area contributed by atoms with E-state index in [-0.39, 0.29) is 29.4 Å². The van der Waals surface area contributed by atoms with Crippen molar-refractivity contribution in [3.05, 3.63) is 88.4 Å². The zero-order valence-electron chi connectivity index (χ0n) is 17.9. The first-order valence-corrected chi connectivity index (χ1v) is 13.7. The first kappa shape index (κ1) is 25.5. The van der Waals surface area contributed by atoms with Gasteiger partial charge in [0.25, 0.3) is 0 Å². The minimum Gasteiger partial charge on any atom is -0.493 e. The molecule has 0 aliphatic carbocycles. The average molecular weight is 520 g/mol. The Bertz CT molecular complexity index is 1430. The minimum atomic E-state index is -4.10. The minimum absolute atomic E-state index is 0.0914. The van der Waals surface area contributed by atoms with Gasteiger partial charge in [-0.1, -0.05) is 48.0 Å². The van der Waals surface area contributed by atoms with Gasteiger partial charge in [0, 0.05) is 11.4 Å². The number of rotatable bonds is 10. The summed E-state index contributed by atoms with van der Waals surface area (Å²) < 4.78 is 56.9. The Morgan fingerprint density at radius 1 is 0.941 bits per heavy atom. The maximum absolute atomic E-state index is 12.7. The van der Waals surface area contributed by atoms with Gasteiger partial charge in [0.1, 0.15) is 10.6 Å². The van der Waals surface area contributed by atoms with E-state index in [1.165, 1.54) is 24.3 Å². The van der Waals surface area contributed by atoms with Crippen molar-refractivity contribution in [3.63, 3.8) is 0 Å². The molecule has 3 aromatic rings. The lowest BCUT2D eigenvalue weighted by Crippen LogP contribution is -2.21. The highest BCUT2D eigenvalue weighted by atomic mass is 35.5. The number of hydrogen-bond donors (Lipinski definition) is 2. The lowest BCUT2D eigenvalue weighted by molar-refractivity contribution is 0.319. The van der Waals surface area contributed by atoms with Gasteiger partial charge in [-0.05, 0) is 47.9 Å². The van der Waals surface area contributed by atoms with E-state index in [9.17, 15) is 22.1 Å². The zero-order chi connectivity index (χ0) is 24.8. The third kappa shape index (κ3) is 6.95. The van der Waals surface area contributed by atoms with Gasteiger partial charge in [-0.2, -0.15) is 5.26 Å². The molecule has 0 amide bonds. The highest BCUT2D eigenvalue weighted by molar-refractivity contribution is 7.93. The monoisotopic (exact) mass is 519 g/mol. The van der Waals surface area contributed by atoms with E-state index in [2.05, 4.69) is 10.8 Å². The van der Waals surface area contributed by atoms with Crippen LogP contribution in [0.15, 0.2) is 71.6 Å². The lowest BCUT2D eigenvalue weighted by atomic mass is 10.1. The average Bonchev–Trinajstić information content (AvgIpc) is 2.78. The molecule has 0 unspecified atom stereocenters. The van der Waals surface area contributed by atoms with Crippen molar-refractivity contribution >= 4 is 37.3 Å². The van der Waals surface area contributed by atoms with Crippen LogP contribution in [0.3, 0.4) is 0 Å². The molecule has 3 aromatic carbocycles. The molecule has 34 heavy (non-hydrogen) atoms. The molecular weight excluding hydrogens is 498 g/mol. The summed E-state index contributed by atoms with van der Waals surface area (Å²) >= 11 is 6.10. The summed E-state index contributed by atoms with van der Waals surface area (Å²) in [4.78, 5) is -0.313. The molecule has 11 heteroatoms. The molecule has 0 radical (unpaired) electrons. The molecule has 0 atom stereocenters. The largest absolute Gasteiger partial charge is 0.493 e. The SMILES string of the molecule is N#Cc1ccccc1CCOc1cc(Cl)ccc1CCS(=O)(=O)Nc1ccccc1S(N)(=O)=O. The molecule has 8 nitrogen and oxygen atoms in total. The standard InChI is InChI=1S/C23H22ClN3O5S2/c24-20-10-9-18(22(15-20)32-13-11-17-5-1-2-6-19(17)16-25)12-14-33(28,29)27-21-7-3-4-8-23(21)34(26,30)31/h1-10,15,27H,11-14H2,(H2,26,30,31). The molecule has 178 valence electrons. The third-order valence-corrected chi connectivity index (χ3v) is 7.37. The van der Waals surface area contributed by atoms with Crippen molar-refractivity contribution in [2.24, 2.45) is 5.14 Å². The van der Waals surface area contributed by atoms with Crippen LogP contribution in [0.2, 0.25) is 5.02 Å². The zero-order valence-corrected chi connectivity index (χ0v) is 20.3. The maximum atomic E-state index is 12.7. The number of nitriles is 1. The van der Waals surface area contributed by atoms with E-state index < -0.39 is 20.0 Å². The Morgan fingerprint density at radius 3 is 2.38 bits per heavy atom. The number of aryl methyl sites for hydroxylation is 1. The molecule has 3 N–H and O–H groups in total. The number of hydrogen-bond acceptors (Lipinski definition) is 6. The van der Waals surface area contributed by atoms with Crippen molar-refractivity contribution in [2.75, 3.05) is 17.1 Å². The van der Waals surface area contributed by atoms with E-state index in [0.717, 1.165) is 5.56 Å². The van der Waals surface area contributed by atoms with Crippen LogP contribution in [0.1, 0.15) is 16.7 Å². The fourth-order valence-electron chi connectivity index (χ4n) is 3.25. The number of nitrogens with zero attached hydrogens (tertiary/aromatic N) is 1. The van der Waals surface area contributed by atoms with Gasteiger partial charge in [0.2, 0.25) is 20.0 Å². The predicted octanol–water partition coefficient (Wildman–Crippen LogP) is 3.46. The number of primary sulfonamides is 1. The van der Waals surface area contributed by atoms with Crippen LogP contribution in [0.4, 0.5) is 5.69 Å². The van der Waals surface area contributed by atoms with E-state index in [0.29, 0.717) is 28.3 Å². The van der Waals surface area contributed by atoms with Crippen LogP contribution in [0.25, 0.3) is 0 Å². The Balaban J connectivity index is 1.70. The summed E-state index contributed by atoms with van der Waals surface area (Å²) in [6.45, 7) is 0.263. The molecule has 0 aliphatic heterocycles. The number of nitrogens with one attached hydrogen (secondary N) is 1. The Kier molecular flexibility index (Phi) is 8.17. The second kappa shape index (κ2) is 10.9. The van der Waals surface area contributed by atoms with Crippen LogP contribution in [-0.2, 0) is 32.9 Å². The quantitative estimate of drug-likeness (QED) is 0.420. The molecule has 0 saturated carbocycles. The summed E-state index contributed by atoms with van der Waals surface area (Å²) in [5.41, 5.74) is 1.90. The fraction of sp³-hybridized carbons (Fsp3) is 0.174. The van der Waals surface area contributed by atoms with Gasteiger partial charge in [-0.3, -0.25) is 4.72 Å². The topological polar surface area (TPSA) is 139 Å².